The lowest BCUT2D eigenvalue weighted by atomic mass is 10.1. The molecule has 5 nitrogen and oxygen atoms in total. The van der Waals surface area contributed by atoms with Gasteiger partial charge in [0.2, 0.25) is 11.0 Å². The summed E-state index contributed by atoms with van der Waals surface area (Å²) in [6.07, 6.45) is 0. The van der Waals surface area contributed by atoms with Crippen molar-refractivity contribution in [2.45, 2.75) is 9.59 Å². The third-order valence-electron chi connectivity index (χ3n) is 3.17. The number of anilines is 2. The van der Waals surface area contributed by atoms with Gasteiger partial charge in [0.25, 0.3) is 0 Å². The van der Waals surface area contributed by atoms with Gasteiger partial charge < -0.3 is 11.1 Å². The maximum Gasteiger partial charge on any atom is 0.242 e. The van der Waals surface area contributed by atoms with E-state index < -0.39 is 22.8 Å². The minimum absolute atomic E-state index is 0.169. The molecule has 0 radical (unpaired) electrons. The van der Waals surface area contributed by atoms with Gasteiger partial charge in [-0.15, -0.1) is 10.2 Å². The van der Waals surface area contributed by atoms with Crippen LogP contribution in [0, 0.1) is 11.6 Å². The molecule has 2 aromatic carbocycles. The molecule has 3 N–H and O–H groups in total. The molecule has 0 spiro atoms. The van der Waals surface area contributed by atoms with E-state index in [4.69, 9.17) is 5.73 Å². The van der Waals surface area contributed by atoms with Gasteiger partial charge in [-0.2, -0.15) is 0 Å². The van der Waals surface area contributed by atoms with Crippen molar-refractivity contribution in [3.63, 3.8) is 0 Å². The number of aromatic nitrogens is 2. The second-order valence-corrected chi connectivity index (χ2v) is 7.29. The number of benzene rings is 2. The zero-order valence-corrected chi connectivity index (χ0v) is 14.3. The molecule has 0 saturated heterocycles. The zero-order valence-electron chi connectivity index (χ0n) is 12.6. The molecule has 0 aliphatic heterocycles. The molecule has 3 rings (SSSR count). The Bertz CT molecular complexity index is 889. The Labute approximate surface area is 150 Å². The number of nitrogens with one attached hydrogen (secondary N) is 1. The lowest BCUT2D eigenvalue weighted by Crippen LogP contribution is -2.19. The lowest BCUT2D eigenvalue weighted by Gasteiger charge is -2.15. The van der Waals surface area contributed by atoms with Crippen LogP contribution in [0.5, 0.6) is 0 Å². The van der Waals surface area contributed by atoms with E-state index in [1.807, 2.05) is 18.2 Å². The maximum absolute atomic E-state index is 13.3. The number of rotatable bonds is 5. The second-order valence-electron chi connectivity index (χ2n) is 4.93. The van der Waals surface area contributed by atoms with E-state index in [0.717, 1.165) is 17.7 Å². The van der Waals surface area contributed by atoms with Crippen LogP contribution in [0.15, 0.2) is 52.9 Å². The van der Waals surface area contributed by atoms with E-state index in [-0.39, 0.29) is 5.69 Å². The largest absolute Gasteiger partial charge is 0.374 e. The van der Waals surface area contributed by atoms with Gasteiger partial charge in [0.1, 0.15) is 5.25 Å². The van der Waals surface area contributed by atoms with Crippen LogP contribution in [0.4, 0.5) is 19.6 Å². The smallest absolute Gasteiger partial charge is 0.242 e. The van der Waals surface area contributed by atoms with Crippen LogP contribution in [0.25, 0.3) is 0 Å². The Balaban J connectivity index is 1.85. The Hall–Kier alpha value is -2.52. The lowest BCUT2D eigenvalue weighted by molar-refractivity contribution is -0.115. The van der Waals surface area contributed by atoms with Crippen LogP contribution >= 0.6 is 23.1 Å². The number of hydrogen-bond donors (Lipinski definition) is 2. The van der Waals surface area contributed by atoms with E-state index in [1.165, 1.54) is 29.2 Å². The topological polar surface area (TPSA) is 80.9 Å². The van der Waals surface area contributed by atoms with Crippen LogP contribution in [0.3, 0.4) is 0 Å². The molecule has 0 aliphatic rings. The summed E-state index contributed by atoms with van der Waals surface area (Å²) in [5.74, 6) is -2.40. The number of hydrogen-bond acceptors (Lipinski definition) is 6. The number of carbonyl (C=O) groups is 1. The van der Waals surface area contributed by atoms with Gasteiger partial charge in [0.15, 0.2) is 16.0 Å². The van der Waals surface area contributed by atoms with Gasteiger partial charge in [0.05, 0.1) is 0 Å². The van der Waals surface area contributed by atoms with Crippen LogP contribution in [0.1, 0.15) is 10.8 Å². The Kier molecular flexibility index (Phi) is 5.25. The molecule has 1 aromatic heterocycles. The average molecular weight is 378 g/mol. The van der Waals surface area contributed by atoms with Gasteiger partial charge in [-0.25, -0.2) is 8.78 Å². The zero-order chi connectivity index (χ0) is 17.8. The van der Waals surface area contributed by atoms with Crippen molar-refractivity contribution in [2.24, 2.45) is 0 Å². The highest BCUT2D eigenvalue weighted by atomic mass is 32.2. The van der Waals surface area contributed by atoms with E-state index in [1.54, 1.807) is 12.1 Å². The van der Waals surface area contributed by atoms with Gasteiger partial charge >= 0.3 is 0 Å². The van der Waals surface area contributed by atoms with E-state index in [0.29, 0.717) is 9.47 Å². The van der Waals surface area contributed by atoms with Crippen molar-refractivity contribution in [3.8, 4) is 0 Å². The summed E-state index contributed by atoms with van der Waals surface area (Å²) in [7, 11) is 0. The highest BCUT2D eigenvalue weighted by Gasteiger charge is 2.24. The minimum Gasteiger partial charge on any atom is -0.374 e. The molecular formula is C16H12F2N4OS2. The van der Waals surface area contributed by atoms with Crippen molar-refractivity contribution in [1.29, 1.82) is 0 Å². The first-order valence-electron chi connectivity index (χ1n) is 7.09. The molecule has 0 bridgehead atoms. The summed E-state index contributed by atoms with van der Waals surface area (Å²) < 4.78 is 26.9. The summed E-state index contributed by atoms with van der Waals surface area (Å²) in [5.41, 5.74) is 6.48. The first kappa shape index (κ1) is 17.3. The van der Waals surface area contributed by atoms with Crippen molar-refractivity contribution in [2.75, 3.05) is 11.1 Å². The molecule has 0 saturated carbocycles. The van der Waals surface area contributed by atoms with E-state index in [2.05, 4.69) is 15.5 Å². The number of nitrogens with two attached hydrogens (primary N) is 1. The standard InChI is InChI=1S/C16H12F2N4OS2/c17-11-7-6-10(8-12(11)18)20-14(23)13(9-4-2-1-3-5-9)24-16-22-21-15(19)25-16/h1-8,13H,(H2,19,21)(H,20,23)/t13-/m1/s1. The molecule has 0 aliphatic carbocycles. The summed E-state index contributed by atoms with van der Waals surface area (Å²) in [5, 5.41) is 9.89. The molecular weight excluding hydrogens is 366 g/mol. The van der Waals surface area contributed by atoms with Gasteiger partial charge in [0, 0.05) is 11.8 Å². The molecule has 128 valence electrons. The van der Waals surface area contributed by atoms with Gasteiger partial charge in [-0.3, -0.25) is 4.79 Å². The molecule has 1 amide bonds. The monoisotopic (exact) mass is 378 g/mol. The van der Waals surface area contributed by atoms with Gasteiger partial charge in [-0.05, 0) is 17.7 Å². The third kappa shape index (κ3) is 4.31. The molecule has 3 aromatic rings. The highest BCUT2D eigenvalue weighted by molar-refractivity contribution is 8.02. The first-order chi connectivity index (χ1) is 12.0. The van der Waals surface area contributed by atoms with Crippen molar-refractivity contribution in [3.05, 3.63) is 65.7 Å². The van der Waals surface area contributed by atoms with Crippen LogP contribution in [-0.4, -0.2) is 16.1 Å². The predicted molar refractivity (Wildman–Crippen MR) is 94.3 cm³/mol. The number of nitrogens with zero attached hydrogens (tertiary/aromatic N) is 2. The molecule has 1 atom stereocenters. The van der Waals surface area contributed by atoms with Crippen molar-refractivity contribution < 1.29 is 13.6 Å². The number of nitrogen functional groups attached to an aromatic ring is 1. The number of amides is 1. The number of carbonyl (C=O) groups excluding carboxylic acids is 1. The summed E-state index contributed by atoms with van der Waals surface area (Å²) in [4.78, 5) is 12.7. The van der Waals surface area contributed by atoms with E-state index >= 15 is 0 Å². The third-order valence-corrected chi connectivity index (χ3v) is 5.26. The fourth-order valence-electron chi connectivity index (χ4n) is 2.05. The molecule has 0 unspecified atom stereocenters. The van der Waals surface area contributed by atoms with Crippen LogP contribution in [-0.2, 0) is 4.79 Å². The van der Waals surface area contributed by atoms with Crippen LogP contribution < -0.4 is 11.1 Å². The van der Waals surface area contributed by atoms with E-state index in [9.17, 15) is 13.6 Å². The summed E-state index contributed by atoms with van der Waals surface area (Å²) >= 11 is 2.35. The molecule has 1 heterocycles. The fourth-order valence-corrected chi connectivity index (χ4v) is 3.88. The number of thioether (sulfide) groups is 1. The summed E-state index contributed by atoms with van der Waals surface area (Å²) in [6, 6.07) is 12.2. The quantitative estimate of drug-likeness (QED) is 0.659. The van der Waals surface area contributed by atoms with Crippen molar-refractivity contribution >= 4 is 39.8 Å². The minimum atomic E-state index is -1.03. The van der Waals surface area contributed by atoms with Crippen LogP contribution in [0.2, 0.25) is 0 Å². The highest BCUT2D eigenvalue weighted by Crippen LogP contribution is 2.38. The SMILES string of the molecule is Nc1nnc(S[C@@H](C(=O)Nc2ccc(F)c(F)c2)c2ccccc2)s1. The Morgan fingerprint density at radius 3 is 2.52 bits per heavy atom. The predicted octanol–water partition coefficient (Wildman–Crippen LogP) is 3.87. The normalized spacial score (nSPS) is 11.9. The Morgan fingerprint density at radius 2 is 1.88 bits per heavy atom. The first-order valence-corrected chi connectivity index (χ1v) is 8.79. The fraction of sp³-hybridized carbons (Fsp3) is 0.0625. The number of halogens is 2. The second kappa shape index (κ2) is 7.58. The summed E-state index contributed by atoms with van der Waals surface area (Å²) in [6.45, 7) is 0. The maximum atomic E-state index is 13.3. The van der Waals surface area contributed by atoms with Gasteiger partial charge in [-0.1, -0.05) is 53.4 Å². The molecule has 25 heavy (non-hydrogen) atoms. The molecule has 9 heteroatoms. The van der Waals surface area contributed by atoms with Crippen molar-refractivity contribution in [1.82, 2.24) is 10.2 Å². The average Bonchev–Trinajstić information content (AvgIpc) is 3.02. The molecule has 0 fully saturated rings. The Morgan fingerprint density at radius 1 is 1.12 bits per heavy atom.